The van der Waals surface area contributed by atoms with Crippen LogP contribution in [0.15, 0.2) is 65.3 Å². The summed E-state index contributed by atoms with van der Waals surface area (Å²) < 4.78 is 15.8. The van der Waals surface area contributed by atoms with Crippen molar-refractivity contribution in [3.63, 3.8) is 0 Å². The number of hydrogen-bond donors (Lipinski definition) is 1. The molecule has 1 aromatic heterocycles. The molecular weight excluding hydrogens is 440 g/mol. The minimum atomic E-state index is -0.763. The lowest BCUT2D eigenvalue weighted by Gasteiger charge is -2.16. The third-order valence-electron chi connectivity index (χ3n) is 5.16. The van der Waals surface area contributed by atoms with E-state index < -0.39 is 30.3 Å². The molecule has 2 heterocycles. The summed E-state index contributed by atoms with van der Waals surface area (Å²) in [6.07, 6.45) is 1.49. The number of furan rings is 1. The average molecular weight is 462 g/mol. The van der Waals surface area contributed by atoms with Gasteiger partial charge in [0, 0.05) is 0 Å². The third kappa shape index (κ3) is 4.83. The van der Waals surface area contributed by atoms with Crippen molar-refractivity contribution < 1.29 is 33.1 Å². The van der Waals surface area contributed by atoms with Crippen LogP contribution in [0.4, 0.5) is 0 Å². The van der Waals surface area contributed by atoms with Crippen molar-refractivity contribution in [1.29, 1.82) is 0 Å². The zero-order valence-electron chi connectivity index (χ0n) is 18.4. The van der Waals surface area contributed by atoms with Gasteiger partial charge < -0.3 is 19.2 Å². The van der Waals surface area contributed by atoms with E-state index in [-0.39, 0.29) is 24.4 Å². The highest BCUT2D eigenvalue weighted by Gasteiger charge is 2.35. The molecule has 1 aliphatic heterocycles. The maximum absolute atomic E-state index is 12.7. The van der Waals surface area contributed by atoms with Crippen LogP contribution in [0.1, 0.15) is 49.3 Å². The Bertz CT molecular complexity index is 1200. The summed E-state index contributed by atoms with van der Waals surface area (Å²) >= 11 is 0. The van der Waals surface area contributed by atoms with Gasteiger partial charge in [-0.25, -0.2) is 4.79 Å². The lowest BCUT2D eigenvalue weighted by Crippen LogP contribution is -2.29. The highest BCUT2D eigenvalue weighted by atomic mass is 16.5. The second-order valence-electron chi connectivity index (χ2n) is 7.44. The van der Waals surface area contributed by atoms with E-state index in [0.717, 1.165) is 4.90 Å². The Balaban J connectivity index is 1.44. The normalized spacial score (nSPS) is 12.4. The summed E-state index contributed by atoms with van der Waals surface area (Å²) in [5.74, 6) is -1.21. The van der Waals surface area contributed by atoms with Crippen molar-refractivity contribution in [3.05, 3.63) is 88.9 Å². The van der Waals surface area contributed by atoms with Crippen molar-refractivity contribution in [2.45, 2.75) is 20.0 Å². The van der Waals surface area contributed by atoms with Crippen LogP contribution in [0.3, 0.4) is 0 Å². The number of rotatable bonds is 9. The first-order valence-electron chi connectivity index (χ1n) is 10.6. The third-order valence-corrected chi connectivity index (χ3v) is 5.16. The SMILES string of the molecule is CCOc1ccc(CN2C(=O)c3ccccc3C2=O)cc1C(=O)OCC(=O)NCc1ccco1. The maximum Gasteiger partial charge on any atom is 0.342 e. The van der Waals surface area contributed by atoms with Crippen molar-refractivity contribution in [3.8, 4) is 5.75 Å². The molecule has 9 heteroatoms. The van der Waals surface area contributed by atoms with Gasteiger partial charge in [0.2, 0.25) is 0 Å². The summed E-state index contributed by atoms with van der Waals surface area (Å²) in [7, 11) is 0. The Morgan fingerprint density at radius 2 is 1.74 bits per heavy atom. The molecule has 4 rings (SSSR count). The Morgan fingerprint density at radius 1 is 1.00 bits per heavy atom. The van der Waals surface area contributed by atoms with E-state index in [1.807, 2.05) is 0 Å². The molecule has 9 nitrogen and oxygen atoms in total. The standard InChI is InChI=1S/C25H22N2O7/c1-2-32-21-10-9-16(14-27-23(29)18-7-3-4-8-19(18)24(27)30)12-20(21)25(31)34-15-22(28)26-13-17-6-5-11-33-17/h3-12H,2,13-15H2,1H3,(H,26,28). The van der Waals surface area contributed by atoms with Gasteiger partial charge in [0.05, 0.1) is 37.1 Å². The number of hydrogen-bond acceptors (Lipinski definition) is 7. The Morgan fingerprint density at radius 3 is 2.38 bits per heavy atom. The molecule has 34 heavy (non-hydrogen) atoms. The molecule has 1 aliphatic rings. The van der Waals surface area contributed by atoms with Crippen LogP contribution in [0.2, 0.25) is 0 Å². The summed E-state index contributed by atoms with van der Waals surface area (Å²) in [5.41, 5.74) is 1.32. The quantitative estimate of drug-likeness (QED) is 0.384. The van der Waals surface area contributed by atoms with E-state index in [1.165, 1.54) is 12.3 Å². The number of esters is 1. The molecule has 0 radical (unpaired) electrons. The van der Waals surface area contributed by atoms with Crippen LogP contribution >= 0.6 is 0 Å². The smallest absolute Gasteiger partial charge is 0.342 e. The van der Waals surface area contributed by atoms with Crippen molar-refractivity contribution in [1.82, 2.24) is 10.2 Å². The largest absolute Gasteiger partial charge is 0.493 e. The Hall–Kier alpha value is -4.40. The summed E-state index contributed by atoms with van der Waals surface area (Å²) in [6.45, 7) is 1.73. The van der Waals surface area contributed by atoms with Crippen LogP contribution in [-0.2, 0) is 22.6 Å². The fourth-order valence-corrected chi connectivity index (χ4v) is 3.54. The zero-order valence-corrected chi connectivity index (χ0v) is 18.4. The van der Waals surface area contributed by atoms with Gasteiger partial charge in [-0.2, -0.15) is 0 Å². The lowest BCUT2D eigenvalue weighted by molar-refractivity contribution is -0.124. The van der Waals surface area contributed by atoms with E-state index >= 15 is 0 Å². The van der Waals surface area contributed by atoms with E-state index in [0.29, 0.717) is 29.1 Å². The number of amides is 3. The molecule has 174 valence electrons. The number of imide groups is 1. The van der Waals surface area contributed by atoms with Gasteiger partial charge in [0.15, 0.2) is 6.61 Å². The molecule has 0 saturated carbocycles. The maximum atomic E-state index is 12.7. The summed E-state index contributed by atoms with van der Waals surface area (Å²) in [5, 5.41) is 2.59. The minimum Gasteiger partial charge on any atom is -0.493 e. The van der Waals surface area contributed by atoms with Gasteiger partial charge in [-0.3, -0.25) is 19.3 Å². The summed E-state index contributed by atoms with van der Waals surface area (Å²) in [6, 6.07) is 14.8. The molecule has 0 atom stereocenters. The first-order chi connectivity index (χ1) is 16.5. The minimum absolute atomic E-state index is 0.0251. The topological polar surface area (TPSA) is 115 Å². The number of benzene rings is 2. The van der Waals surface area contributed by atoms with E-state index in [9.17, 15) is 19.2 Å². The van der Waals surface area contributed by atoms with E-state index in [4.69, 9.17) is 13.9 Å². The molecule has 3 amide bonds. The van der Waals surface area contributed by atoms with Crippen LogP contribution in [-0.4, -0.2) is 41.8 Å². The first kappa shape index (κ1) is 22.8. The monoisotopic (exact) mass is 462 g/mol. The molecule has 3 aromatic rings. The second-order valence-corrected chi connectivity index (χ2v) is 7.44. The fraction of sp³-hybridized carbons (Fsp3) is 0.200. The lowest BCUT2D eigenvalue weighted by atomic mass is 10.1. The van der Waals surface area contributed by atoms with Crippen LogP contribution in [0, 0.1) is 0 Å². The van der Waals surface area contributed by atoms with Gasteiger partial charge in [-0.15, -0.1) is 0 Å². The fourth-order valence-electron chi connectivity index (χ4n) is 3.54. The number of carbonyl (C=O) groups is 4. The number of ether oxygens (including phenoxy) is 2. The van der Waals surface area contributed by atoms with Crippen LogP contribution in [0.5, 0.6) is 5.75 Å². The zero-order chi connectivity index (χ0) is 24.1. The van der Waals surface area contributed by atoms with Gasteiger partial charge in [-0.05, 0) is 48.9 Å². The second kappa shape index (κ2) is 10.0. The molecule has 1 N–H and O–H groups in total. The first-order valence-corrected chi connectivity index (χ1v) is 10.6. The predicted molar refractivity (Wildman–Crippen MR) is 119 cm³/mol. The van der Waals surface area contributed by atoms with Crippen molar-refractivity contribution >= 4 is 23.7 Å². The highest BCUT2D eigenvalue weighted by Crippen LogP contribution is 2.27. The van der Waals surface area contributed by atoms with Gasteiger partial charge >= 0.3 is 5.97 Å². The molecule has 0 unspecified atom stereocenters. The van der Waals surface area contributed by atoms with Gasteiger partial charge in [0.1, 0.15) is 17.1 Å². The number of carbonyl (C=O) groups excluding carboxylic acids is 4. The molecule has 2 aromatic carbocycles. The molecule has 0 aliphatic carbocycles. The molecule has 0 bridgehead atoms. The van der Waals surface area contributed by atoms with Crippen molar-refractivity contribution in [2.24, 2.45) is 0 Å². The number of nitrogens with zero attached hydrogens (tertiary/aromatic N) is 1. The average Bonchev–Trinajstić information content (AvgIpc) is 3.45. The predicted octanol–water partition coefficient (Wildman–Crippen LogP) is 2.95. The Labute approximate surface area is 195 Å². The van der Waals surface area contributed by atoms with Gasteiger partial charge in [0.25, 0.3) is 17.7 Å². The van der Waals surface area contributed by atoms with E-state index in [1.54, 1.807) is 55.5 Å². The van der Waals surface area contributed by atoms with Gasteiger partial charge in [-0.1, -0.05) is 18.2 Å². The highest BCUT2D eigenvalue weighted by molar-refractivity contribution is 6.21. The van der Waals surface area contributed by atoms with E-state index in [2.05, 4.69) is 5.32 Å². The molecule has 0 saturated heterocycles. The molecule has 0 fully saturated rings. The Kier molecular flexibility index (Phi) is 6.72. The van der Waals surface area contributed by atoms with Crippen molar-refractivity contribution in [2.75, 3.05) is 13.2 Å². The number of nitrogens with one attached hydrogen (secondary N) is 1. The number of fused-ring (bicyclic) bond motifs is 1. The molecular formula is C25H22N2O7. The molecule has 0 spiro atoms. The van der Waals surface area contributed by atoms with Crippen LogP contribution < -0.4 is 10.1 Å². The van der Waals surface area contributed by atoms with Crippen LogP contribution in [0.25, 0.3) is 0 Å². The summed E-state index contributed by atoms with van der Waals surface area (Å²) in [4.78, 5) is 51.2.